The first-order chi connectivity index (χ1) is 8.83. The zero-order valence-electron chi connectivity index (χ0n) is 10.3. The number of ether oxygens (including phenoxy) is 2. The first kappa shape index (κ1) is 15.8. The van der Waals surface area contributed by atoms with E-state index in [9.17, 15) is 0 Å². The summed E-state index contributed by atoms with van der Waals surface area (Å²) >= 11 is 8.90. The lowest BCUT2D eigenvalue weighted by molar-refractivity contribution is 0.146. The Morgan fingerprint density at radius 2 is 2.06 bits per heavy atom. The molecule has 0 saturated carbocycles. The van der Waals surface area contributed by atoms with Crippen molar-refractivity contribution in [2.45, 2.75) is 6.42 Å². The van der Waals surface area contributed by atoms with Gasteiger partial charge in [0.15, 0.2) is 0 Å². The van der Waals surface area contributed by atoms with E-state index in [1.165, 1.54) is 0 Å². The molecular formula is C13H19BrClNO2. The van der Waals surface area contributed by atoms with Crippen molar-refractivity contribution in [2.75, 3.05) is 38.8 Å². The summed E-state index contributed by atoms with van der Waals surface area (Å²) in [5.41, 5.74) is 0. The molecule has 0 bridgehead atoms. The van der Waals surface area contributed by atoms with Crippen LogP contribution in [-0.4, -0.2) is 38.8 Å². The predicted octanol–water partition coefficient (Wildman–Crippen LogP) is 3.06. The summed E-state index contributed by atoms with van der Waals surface area (Å²) in [5.74, 6) is 1.45. The summed E-state index contributed by atoms with van der Waals surface area (Å²) in [6.45, 7) is 3.82. The topological polar surface area (TPSA) is 30.5 Å². The highest BCUT2D eigenvalue weighted by atomic mass is 79.9. The van der Waals surface area contributed by atoms with Crippen LogP contribution in [0.4, 0.5) is 0 Å². The molecule has 18 heavy (non-hydrogen) atoms. The third-order valence-electron chi connectivity index (χ3n) is 2.21. The maximum Gasteiger partial charge on any atom is 0.120 e. The maximum absolute atomic E-state index is 5.59. The molecule has 0 aliphatic carbocycles. The largest absolute Gasteiger partial charge is 0.492 e. The fourth-order valence-electron chi connectivity index (χ4n) is 1.38. The van der Waals surface area contributed by atoms with Gasteiger partial charge in [-0.1, -0.05) is 22.0 Å². The van der Waals surface area contributed by atoms with Crippen LogP contribution in [0.15, 0.2) is 28.7 Å². The number of hydrogen-bond acceptors (Lipinski definition) is 3. The average molecular weight is 337 g/mol. The van der Waals surface area contributed by atoms with Gasteiger partial charge in [-0.3, -0.25) is 0 Å². The molecule has 0 fully saturated rings. The first-order valence-corrected chi connectivity index (χ1v) is 7.38. The van der Waals surface area contributed by atoms with Crippen molar-refractivity contribution in [1.29, 1.82) is 0 Å². The van der Waals surface area contributed by atoms with E-state index in [-0.39, 0.29) is 0 Å². The van der Waals surface area contributed by atoms with Gasteiger partial charge in [0.25, 0.3) is 0 Å². The number of nitrogens with one attached hydrogen (secondary N) is 1. The molecule has 0 radical (unpaired) electrons. The minimum Gasteiger partial charge on any atom is -0.492 e. The van der Waals surface area contributed by atoms with E-state index in [2.05, 4.69) is 21.2 Å². The Balaban J connectivity index is 1.92. The lowest BCUT2D eigenvalue weighted by Gasteiger charge is -2.08. The molecule has 1 aromatic rings. The zero-order chi connectivity index (χ0) is 13.1. The van der Waals surface area contributed by atoms with E-state index in [4.69, 9.17) is 21.1 Å². The van der Waals surface area contributed by atoms with E-state index in [0.29, 0.717) is 19.1 Å². The number of benzene rings is 1. The second-order valence-electron chi connectivity index (χ2n) is 3.71. The molecule has 5 heteroatoms. The lowest BCUT2D eigenvalue weighted by atomic mass is 10.3. The van der Waals surface area contributed by atoms with Gasteiger partial charge in [-0.15, -0.1) is 11.6 Å². The Bertz CT molecular complexity index is 326. The molecule has 0 atom stereocenters. The van der Waals surface area contributed by atoms with E-state index in [1.807, 2.05) is 24.3 Å². The van der Waals surface area contributed by atoms with Crippen LogP contribution in [0.25, 0.3) is 0 Å². The first-order valence-electron chi connectivity index (χ1n) is 6.05. The summed E-state index contributed by atoms with van der Waals surface area (Å²) in [6.07, 6.45) is 0.994. The van der Waals surface area contributed by atoms with Crippen LogP contribution in [0.3, 0.4) is 0 Å². The van der Waals surface area contributed by atoms with Gasteiger partial charge in [0.2, 0.25) is 0 Å². The molecule has 0 aliphatic heterocycles. The minimum absolute atomic E-state index is 0.563. The van der Waals surface area contributed by atoms with Crippen molar-refractivity contribution in [1.82, 2.24) is 5.32 Å². The number of alkyl halides is 1. The third-order valence-corrected chi connectivity index (χ3v) is 2.85. The van der Waals surface area contributed by atoms with Crippen LogP contribution in [-0.2, 0) is 4.74 Å². The van der Waals surface area contributed by atoms with Gasteiger partial charge in [-0.05, 0) is 31.2 Å². The second kappa shape index (κ2) is 10.6. The quantitative estimate of drug-likeness (QED) is 0.526. The van der Waals surface area contributed by atoms with Crippen molar-refractivity contribution in [3.63, 3.8) is 0 Å². The normalized spacial score (nSPS) is 10.6. The number of rotatable bonds is 10. The molecule has 0 aliphatic rings. The molecule has 3 nitrogen and oxygen atoms in total. The summed E-state index contributed by atoms with van der Waals surface area (Å²) in [7, 11) is 0. The van der Waals surface area contributed by atoms with E-state index in [0.717, 1.165) is 36.3 Å². The Morgan fingerprint density at radius 1 is 1.17 bits per heavy atom. The van der Waals surface area contributed by atoms with Crippen LogP contribution >= 0.6 is 27.5 Å². The molecule has 0 amide bonds. The molecule has 0 saturated heterocycles. The summed E-state index contributed by atoms with van der Waals surface area (Å²) < 4.78 is 11.9. The van der Waals surface area contributed by atoms with Gasteiger partial charge in [0.1, 0.15) is 12.4 Å². The van der Waals surface area contributed by atoms with Crippen molar-refractivity contribution in [3.05, 3.63) is 28.7 Å². The lowest BCUT2D eigenvalue weighted by Crippen LogP contribution is -2.23. The Kier molecular flexibility index (Phi) is 9.30. The van der Waals surface area contributed by atoms with E-state index >= 15 is 0 Å². The van der Waals surface area contributed by atoms with Gasteiger partial charge in [0, 0.05) is 23.5 Å². The number of halogens is 2. The van der Waals surface area contributed by atoms with Crippen molar-refractivity contribution < 1.29 is 9.47 Å². The Morgan fingerprint density at radius 3 is 2.83 bits per heavy atom. The van der Waals surface area contributed by atoms with Crippen LogP contribution in [0, 0.1) is 0 Å². The summed E-state index contributed by atoms with van der Waals surface area (Å²) in [5, 5.41) is 3.30. The van der Waals surface area contributed by atoms with E-state index in [1.54, 1.807) is 0 Å². The smallest absolute Gasteiger partial charge is 0.120 e. The molecule has 1 N–H and O–H groups in total. The van der Waals surface area contributed by atoms with Gasteiger partial charge in [-0.25, -0.2) is 0 Å². The van der Waals surface area contributed by atoms with Crippen LogP contribution in [0.2, 0.25) is 0 Å². The van der Waals surface area contributed by atoms with Crippen molar-refractivity contribution in [2.24, 2.45) is 0 Å². The molecule has 102 valence electrons. The van der Waals surface area contributed by atoms with Gasteiger partial charge < -0.3 is 14.8 Å². The molecule has 0 heterocycles. The van der Waals surface area contributed by atoms with Crippen molar-refractivity contribution in [3.8, 4) is 5.75 Å². The summed E-state index contributed by atoms with van der Waals surface area (Å²) in [6, 6.07) is 7.85. The molecule has 0 spiro atoms. The molecular weight excluding hydrogens is 318 g/mol. The number of hydrogen-bond donors (Lipinski definition) is 1. The Hall–Kier alpha value is -0.290. The maximum atomic E-state index is 5.59. The SMILES string of the molecule is ClCCOCCCNCCOc1cccc(Br)c1. The highest BCUT2D eigenvalue weighted by molar-refractivity contribution is 9.10. The Labute approximate surface area is 122 Å². The molecule has 0 unspecified atom stereocenters. The zero-order valence-corrected chi connectivity index (χ0v) is 12.7. The predicted molar refractivity (Wildman–Crippen MR) is 78.7 cm³/mol. The fourth-order valence-corrected chi connectivity index (χ4v) is 1.87. The second-order valence-corrected chi connectivity index (χ2v) is 5.00. The molecule has 1 rings (SSSR count). The van der Waals surface area contributed by atoms with Gasteiger partial charge in [0.05, 0.1) is 6.61 Å². The average Bonchev–Trinajstić information content (AvgIpc) is 2.37. The fraction of sp³-hybridized carbons (Fsp3) is 0.538. The van der Waals surface area contributed by atoms with Crippen molar-refractivity contribution >= 4 is 27.5 Å². The van der Waals surface area contributed by atoms with Gasteiger partial charge >= 0.3 is 0 Å². The van der Waals surface area contributed by atoms with Crippen LogP contribution in [0.5, 0.6) is 5.75 Å². The highest BCUT2D eigenvalue weighted by Gasteiger charge is 1.94. The van der Waals surface area contributed by atoms with Crippen LogP contribution in [0.1, 0.15) is 6.42 Å². The standard InChI is InChI=1S/C13H19BrClNO2/c14-12-3-1-4-13(11-12)18-10-7-16-6-2-8-17-9-5-15/h1,3-4,11,16H,2,5-10H2. The third kappa shape index (κ3) is 7.93. The summed E-state index contributed by atoms with van der Waals surface area (Å²) in [4.78, 5) is 0. The van der Waals surface area contributed by atoms with Gasteiger partial charge in [-0.2, -0.15) is 0 Å². The van der Waals surface area contributed by atoms with E-state index < -0.39 is 0 Å². The monoisotopic (exact) mass is 335 g/mol. The molecule has 0 aromatic heterocycles. The highest BCUT2D eigenvalue weighted by Crippen LogP contribution is 2.17. The van der Waals surface area contributed by atoms with Crippen LogP contribution < -0.4 is 10.1 Å². The minimum atomic E-state index is 0.563. The molecule has 1 aromatic carbocycles.